The van der Waals surface area contributed by atoms with Crippen LogP contribution in [-0.4, -0.2) is 26.3 Å². The Morgan fingerprint density at radius 2 is 1.87 bits per heavy atom. The zero-order valence-corrected chi connectivity index (χ0v) is 15.6. The minimum atomic E-state index is -4.47. The number of halogens is 4. The largest absolute Gasteiger partial charge is 0.394 e. The molecule has 0 atom stereocenters. The number of H-pyrrole nitrogens is 2. The normalized spacial score (nSPS) is 12.3. The summed E-state index contributed by atoms with van der Waals surface area (Å²) in [6.45, 7) is 0. The highest BCUT2D eigenvalue weighted by Gasteiger charge is 2.30. The molecule has 0 saturated heterocycles. The molecular formula is C21H13F4N5O. The van der Waals surface area contributed by atoms with E-state index in [1.165, 1.54) is 30.6 Å². The van der Waals surface area contributed by atoms with Gasteiger partial charge in [-0.25, -0.2) is 4.39 Å². The Morgan fingerprint density at radius 1 is 1.06 bits per heavy atom. The summed E-state index contributed by atoms with van der Waals surface area (Å²) in [5.74, 6) is -0.559. The second-order valence-electron chi connectivity index (χ2n) is 7.15. The summed E-state index contributed by atoms with van der Waals surface area (Å²) in [5.41, 5.74) is 6.34. The molecule has 6 nitrogen and oxygen atoms in total. The lowest BCUT2D eigenvalue weighted by Gasteiger charge is -2.16. The number of aromatic amines is 2. The molecule has 3 heterocycles. The van der Waals surface area contributed by atoms with Crippen LogP contribution in [0.2, 0.25) is 0 Å². The second kappa shape index (κ2) is 6.53. The molecule has 2 aromatic carbocycles. The van der Waals surface area contributed by atoms with Gasteiger partial charge in [0.1, 0.15) is 17.0 Å². The first-order chi connectivity index (χ1) is 14.7. The Hall–Kier alpha value is -3.95. The van der Waals surface area contributed by atoms with Gasteiger partial charge < -0.3 is 10.7 Å². The highest BCUT2D eigenvalue weighted by Crippen LogP contribution is 2.39. The molecule has 0 aliphatic rings. The first-order valence-corrected chi connectivity index (χ1v) is 9.15. The molecule has 0 fully saturated rings. The van der Waals surface area contributed by atoms with Crippen LogP contribution in [0.15, 0.2) is 47.5 Å². The van der Waals surface area contributed by atoms with Crippen molar-refractivity contribution in [3.63, 3.8) is 0 Å². The summed E-state index contributed by atoms with van der Waals surface area (Å²) in [7, 11) is 0. The molecule has 0 bridgehead atoms. The monoisotopic (exact) mass is 427 g/mol. The number of benzene rings is 2. The summed E-state index contributed by atoms with van der Waals surface area (Å²) in [6, 6.07) is 7.09. The van der Waals surface area contributed by atoms with Crippen LogP contribution in [0, 0.1) is 5.82 Å². The maximum absolute atomic E-state index is 14.2. The van der Waals surface area contributed by atoms with Gasteiger partial charge in [-0.3, -0.25) is 14.9 Å². The number of rotatable bonds is 2. The molecule has 0 radical (unpaired) electrons. The molecule has 156 valence electrons. The van der Waals surface area contributed by atoms with Crippen molar-refractivity contribution in [3.8, 4) is 11.1 Å². The van der Waals surface area contributed by atoms with Gasteiger partial charge in [-0.1, -0.05) is 6.07 Å². The first-order valence-electron chi connectivity index (χ1n) is 9.15. The molecule has 0 spiro atoms. The molecule has 5 aromatic rings. The maximum atomic E-state index is 14.2. The Morgan fingerprint density at radius 3 is 2.65 bits per heavy atom. The van der Waals surface area contributed by atoms with Crippen LogP contribution in [-0.2, 0) is 6.42 Å². The van der Waals surface area contributed by atoms with E-state index in [0.29, 0.717) is 27.2 Å². The number of hydrogen-bond donors (Lipinski definition) is 3. The van der Waals surface area contributed by atoms with Crippen LogP contribution < -0.4 is 11.3 Å². The fourth-order valence-electron chi connectivity index (χ4n) is 3.95. The lowest BCUT2D eigenvalue weighted by Crippen LogP contribution is -2.15. The number of pyridine rings is 2. The van der Waals surface area contributed by atoms with E-state index >= 15 is 0 Å². The number of aromatic nitrogens is 4. The van der Waals surface area contributed by atoms with Gasteiger partial charge in [0.2, 0.25) is 0 Å². The number of fused-ring (bicyclic) bond motifs is 4. The highest BCUT2D eigenvalue weighted by atomic mass is 19.4. The second-order valence-corrected chi connectivity index (χ2v) is 7.15. The van der Waals surface area contributed by atoms with E-state index < -0.39 is 24.0 Å². The molecule has 5 rings (SSSR count). The number of anilines is 1. The number of nitrogen functional groups attached to an aromatic ring is 1. The molecule has 0 unspecified atom stereocenters. The van der Waals surface area contributed by atoms with Crippen LogP contribution >= 0.6 is 0 Å². The molecule has 0 saturated carbocycles. The third-order valence-electron chi connectivity index (χ3n) is 5.22. The van der Waals surface area contributed by atoms with E-state index in [1.54, 1.807) is 12.1 Å². The lowest BCUT2D eigenvalue weighted by molar-refractivity contribution is -0.127. The van der Waals surface area contributed by atoms with E-state index in [1.807, 2.05) is 0 Å². The summed E-state index contributed by atoms with van der Waals surface area (Å²) >= 11 is 0. The SMILES string of the molecule is Nc1c(-c2ccc(F)c3[nH]ncc23)c2cc(CC(F)(F)F)c3ncccc3c2[nH]c1=O. The Bertz CT molecular complexity index is 1550. The van der Waals surface area contributed by atoms with Crippen molar-refractivity contribution in [2.75, 3.05) is 5.73 Å². The standard InChI is InChI=1S/C21H13F4N5O/c22-14-4-3-10(13-8-28-30-19(13)14)15-12-6-9(7-21(23,24)25)17-11(2-1-5-27-17)18(12)29-20(31)16(15)26/h1-6,8H,7,26H2,(H,28,30)(H,29,31). The summed E-state index contributed by atoms with van der Waals surface area (Å²) in [5, 5.41) is 7.38. The van der Waals surface area contributed by atoms with Gasteiger partial charge in [-0.2, -0.15) is 18.3 Å². The minimum absolute atomic E-state index is 0.0613. The number of nitrogens with zero attached hydrogens (tertiary/aromatic N) is 2. The van der Waals surface area contributed by atoms with Crippen molar-refractivity contribution >= 4 is 38.4 Å². The van der Waals surface area contributed by atoms with Crippen LogP contribution in [0.4, 0.5) is 23.2 Å². The van der Waals surface area contributed by atoms with Crippen LogP contribution in [0.1, 0.15) is 5.56 Å². The molecule has 10 heteroatoms. The van der Waals surface area contributed by atoms with Gasteiger partial charge >= 0.3 is 6.18 Å². The predicted octanol–water partition coefficient (Wildman–Crippen LogP) is 4.45. The summed E-state index contributed by atoms with van der Waals surface area (Å²) in [6.07, 6.45) is -2.92. The molecule has 3 aromatic heterocycles. The number of nitrogens with one attached hydrogen (secondary N) is 2. The third kappa shape index (κ3) is 2.98. The fraction of sp³-hybridized carbons (Fsp3) is 0.0952. The van der Waals surface area contributed by atoms with Crippen molar-refractivity contribution in [2.24, 2.45) is 0 Å². The van der Waals surface area contributed by atoms with E-state index in [9.17, 15) is 22.4 Å². The molecular weight excluding hydrogens is 414 g/mol. The molecule has 4 N–H and O–H groups in total. The van der Waals surface area contributed by atoms with Crippen molar-refractivity contribution in [1.82, 2.24) is 20.2 Å². The van der Waals surface area contributed by atoms with Gasteiger partial charge in [0, 0.05) is 27.9 Å². The molecule has 0 amide bonds. The average molecular weight is 427 g/mol. The Labute approximate surface area is 170 Å². The van der Waals surface area contributed by atoms with E-state index in [4.69, 9.17) is 5.73 Å². The van der Waals surface area contributed by atoms with E-state index in [-0.39, 0.29) is 27.8 Å². The molecule has 0 aliphatic carbocycles. The van der Waals surface area contributed by atoms with E-state index in [2.05, 4.69) is 20.2 Å². The van der Waals surface area contributed by atoms with Crippen LogP contribution in [0.3, 0.4) is 0 Å². The summed E-state index contributed by atoms with van der Waals surface area (Å²) < 4.78 is 54.0. The highest BCUT2D eigenvalue weighted by molar-refractivity contribution is 6.14. The Balaban J connectivity index is 1.97. The number of alkyl halides is 3. The molecule has 0 aliphatic heterocycles. The van der Waals surface area contributed by atoms with E-state index in [0.717, 1.165) is 0 Å². The zero-order valence-electron chi connectivity index (χ0n) is 15.6. The zero-order chi connectivity index (χ0) is 21.9. The first kappa shape index (κ1) is 19.0. The predicted molar refractivity (Wildman–Crippen MR) is 109 cm³/mol. The minimum Gasteiger partial charge on any atom is -0.394 e. The maximum Gasteiger partial charge on any atom is 0.393 e. The van der Waals surface area contributed by atoms with Gasteiger partial charge in [0.25, 0.3) is 5.56 Å². The van der Waals surface area contributed by atoms with Crippen molar-refractivity contribution < 1.29 is 17.6 Å². The molecule has 31 heavy (non-hydrogen) atoms. The Kier molecular flexibility index (Phi) is 4.01. The number of hydrogen-bond acceptors (Lipinski definition) is 4. The quantitative estimate of drug-likeness (QED) is 0.286. The van der Waals surface area contributed by atoms with Crippen molar-refractivity contribution in [2.45, 2.75) is 12.6 Å². The average Bonchev–Trinajstić information content (AvgIpc) is 3.21. The third-order valence-corrected chi connectivity index (χ3v) is 5.22. The topological polar surface area (TPSA) is 100 Å². The van der Waals surface area contributed by atoms with Gasteiger partial charge in [-0.15, -0.1) is 0 Å². The van der Waals surface area contributed by atoms with Crippen LogP contribution in [0.25, 0.3) is 43.8 Å². The van der Waals surface area contributed by atoms with Gasteiger partial charge in [0.15, 0.2) is 0 Å². The van der Waals surface area contributed by atoms with Crippen LogP contribution in [0.5, 0.6) is 0 Å². The smallest absolute Gasteiger partial charge is 0.393 e. The van der Waals surface area contributed by atoms with Gasteiger partial charge in [-0.05, 0) is 35.4 Å². The van der Waals surface area contributed by atoms with Crippen molar-refractivity contribution in [1.29, 1.82) is 0 Å². The fourth-order valence-corrected chi connectivity index (χ4v) is 3.95. The lowest BCUT2D eigenvalue weighted by atomic mass is 9.93. The van der Waals surface area contributed by atoms with Gasteiger partial charge in [0.05, 0.1) is 23.7 Å². The number of nitrogens with two attached hydrogens (primary N) is 1. The van der Waals surface area contributed by atoms with Crippen molar-refractivity contribution in [3.05, 3.63) is 64.5 Å². The summed E-state index contributed by atoms with van der Waals surface area (Å²) in [4.78, 5) is 19.4.